The number of nitrogens with zero attached hydrogens (tertiary/aromatic N) is 2. The third kappa shape index (κ3) is 3.01. The zero-order chi connectivity index (χ0) is 19.0. The van der Waals surface area contributed by atoms with Crippen LogP contribution in [-0.4, -0.2) is 48.4 Å². The smallest absolute Gasteiger partial charge is 0.406 e. The SMILES string of the molecule is O=C1COc2ccc(-c3ccccc3)c3c2N(C1)C(=O)C(NC(=O)O)N=C3. The zero-order valence-electron chi connectivity index (χ0n) is 14.1. The first-order valence-corrected chi connectivity index (χ1v) is 8.25. The summed E-state index contributed by atoms with van der Waals surface area (Å²) in [5, 5.41) is 11.1. The van der Waals surface area contributed by atoms with Crippen LogP contribution in [0.25, 0.3) is 11.1 Å². The second kappa shape index (κ2) is 6.56. The van der Waals surface area contributed by atoms with Crippen LogP contribution in [-0.2, 0) is 9.59 Å². The van der Waals surface area contributed by atoms with E-state index in [1.54, 1.807) is 6.07 Å². The number of rotatable bonds is 2. The number of hydrogen-bond acceptors (Lipinski definition) is 5. The Hall–Kier alpha value is -3.68. The fourth-order valence-corrected chi connectivity index (χ4v) is 3.21. The average Bonchev–Trinajstić information content (AvgIpc) is 2.91. The van der Waals surface area contributed by atoms with Gasteiger partial charge in [-0.05, 0) is 23.3 Å². The number of ketones is 1. The molecular weight excluding hydrogens is 350 g/mol. The van der Waals surface area contributed by atoms with Gasteiger partial charge in [0.2, 0.25) is 6.17 Å². The van der Waals surface area contributed by atoms with Crippen LogP contribution in [0.15, 0.2) is 47.5 Å². The number of ether oxygens (including phenoxy) is 1. The summed E-state index contributed by atoms with van der Waals surface area (Å²) < 4.78 is 5.58. The number of hydrogen-bond donors (Lipinski definition) is 2. The highest BCUT2D eigenvalue weighted by molar-refractivity contribution is 6.12. The van der Waals surface area contributed by atoms with Crippen LogP contribution < -0.4 is 15.0 Å². The summed E-state index contributed by atoms with van der Waals surface area (Å²) in [4.78, 5) is 41.4. The number of nitrogens with one attached hydrogen (secondary N) is 1. The Morgan fingerprint density at radius 3 is 2.70 bits per heavy atom. The Bertz CT molecular complexity index is 971. The van der Waals surface area contributed by atoms with E-state index in [-0.39, 0.29) is 18.9 Å². The molecule has 0 spiro atoms. The van der Waals surface area contributed by atoms with Gasteiger partial charge in [0, 0.05) is 11.8 Å². The van der Waals surface area contributed by atoms with Crippen molar-refractivity contribution in [2.45, 2.75) is 6.17 Å². The molecule has 2 aliphatic rings. The van der Waals surface area contributed by atoms with E-state index in [1.807, 2.05) is 36.4 Å². The van der Waals surface area contributed by atoms with Crippen molar-refractivity contribution < 1.29 is 24.2 Å². The standard InChI is InChI=1S/C19H15N3O5/c23-12-9-22-16-14(8-20-17(18(22)24)21-19(25)26)13(6-7-15(16)27-10-12)11-4-2-1-3-5-11/h1-8,17,21H,9-10H2,(H,25,26). The molecule has 0 radical (unpaired) electrons. The van der Waals surface area contributed by atoms with E-state index in [9.17, 15) is 14.4 Å². The Labute approximate surface area is 154 Å². The predicted molar refractivity (Wildman–Crippen MR) is 97.3 cm³/mol. The minimum absolute atomic E-state index is 0.158. The van der Waals surface area contributed by atoms with Gasteiger partial charge in [0.1, 0.15) is 12.4 Å². The number of carbonyl (C=O) groups is 3. The molecular formula is C19H15N3O5. The highest BCUT2D eigenvalue weighted by Crippen LogP contribution is 2.40. The lowest BCUT2D eigenvalue weighted by atomic mass is 9.97. The van der Waals surface area contributed by atoms with Gasteiger partial charge in [-0.25, -0.2) is 4.79 Å². The van der Waals surface area contributed by atoms with Gasteiger partial charge >= 0.3 is 6.09 Å². The van der Waals surface area contributed by atoms with Gasteiger partial charge in [0.05, 0.1) is 12.2 Å². The van der Waals surface area contributed by atoms with Crippen LogP contribution in [0.4, 0.5) is 10.5 Å². The second-order valence-electron chi connectivity index (χ2n) is 6.12. The highest BCUT2D eigenvalue weighted by atomic mass is 16.5. The fraction of sp³-hybridized carbons (Fsp3) is 0.158. The highest BCUT2D eigenvalue weighted by Gasteiger charge is 2.36. The van der Waals surface area contributed by atoms with E-state index < -0.39 is 18.2 Å². The molecule has 2 N–H and O–H groups in total. The van der Waals surface area contributed by atoms with Crippen molar-refractivity contribution >= 4 is 29.7 Å². The van der Waals surface area contributed by atoms with Crippen molar-refractivity contribution in [1.29, 1.82) is 0 Å². The summed E-state index contributed by atoms with van der Waals surface area (Å²) in [6, 6.07) is 13.0. The molecule has 4 rings (SSSR count). The Kier molecular flexibility index (Phi) is 4.08. The van der Waals surface area contributed by atoms with Gasteiger partial charge in [-0.3, -0.25) is 24.8 Å². The molecule has 0 saturated carbocycles. The molecule has 0 fully saturated rings. The number of carbonyl (C=O) groups excluding carboxylic acids is 2. The number of Topliss-reactive ketones (excluding diaryl/α,β-unsaturated/α-hetero) is 1. The number of carboxylic acid groups (broad SMARTS) is 1. The van der Waals surface area contributed by atoms with Crippen LogP contribution in [0.5, 0.6) is 5.75 Å². The molecule has 136 valence electrons. The normalized spacial score (nSPS) is 18.2. The van der Waals surface area contributed by atoms with E-state index >= 15 is 0 Å². The first-order chi connectivity index (χ1) is 13.0. The Morgan fingerprint density at radius 1 is 1.19 bits per heavy atom. The molecule has 0 aromatic heterocycles. The molecule has 2 amide bonds. The summed E-state index contributed by atoms with van der Waals surface area (Å²) >= 11 is 0. The number of aliphatic imine (C=N–C) groups is 1. The number of anilines is 1. The third-order valence-corrected chi connectivity index (χ3v) is 4.37. The molecule has 0 aliphatic carbocycles. The lowest BCUT2D eigenvalue weighted by Gasteiger charge is -2.24. The molecule has 8 nitrogen and oxygen atoms in total. The molecule has 2 heterocycles. The first-order valence-electron chi connectivity index (χ1n) is 8.25. The number of amides is 2. The third-order valence-electron chi connectivity index (χ3n) is 4.37. The molecule has 1 unspecified atom stereocenters. The number of benzene rings is 2. The predicted octanol–water partition coefficient (Wildman–Crippen LogP) is 1.67. The molecule has 2 aliphatic heterocycles. The van der Waals surface area contributed by atoms with Crippen LogP contribution in [0.3, 0.4) is 0 Å². The van der Waals surface area contributed by atoms with Crippen molar-refractivity contribution in [3.63, 3.8) is 0 Å². The first kappa shape index (κ1) is 16.8. The monoisotopic (exact) mass is 365 g/mol. The summed E-state index contributed by atoms with van der Waals surface area (Å²) in [5.74, 6) is -0.535. The fourth-order valence-electron chi connectivity index (χ4n) is 3.21. The maximum Gasteiger partial charge on any atom is 0.406 e. The zero-order valence-corrected chi connectivity index (χ0v) is 14.1. The Morgan fingerprint density at radius 2 is 1.96 bits per heavy atom. The molecule has 8 heteroatoms. The largest absolute Gasteiger partial charge is 0.484 e. The molecule has 27 heavy (non-hydrogen) atoms. The molecule has 2 aromatic rings. The molecule has 1 atom stereocenters. The van der Waals surface area contributed by atoms with Crippen molar-refractivity contribution in [3.8, 4) is 16.9 Å². The maximum atomic E-state index is 12.9. The van der Waals surface area contributed by atoms with Crippen LogP contribution in [0.2, 0.25) is 0 Å². The van der Waals surface area contributed by atoms with E-state index in [0.717, 1.165) is 11.1 Å². The van der Waals surface area contributed by atoms with Crippen molar-refractivity contribution in [2.24, 2.45) is 4.99 Å². The van der Waals surface area contributed by atoms with Gasteiger partial charge in [-0.2, -0.15) is 0 Å². The van der Waals surface area contributed by atoms with Crippen molar-refractivity contribution in [1.82, 2.24) is 5.32 Å². The van der Waals surface area contributed by atoms with Crippen LogP contribution in [0, 0.1) is 0 Å². The summed E-state index contributed by atoms with van der Waals surface area (Å²) in [6.45, 7) is -0.368. The molecule has 2 aromatic carbocycles. The van der Waals surface area contributed by atoms with Gasteiger partial charge in [0.25, 0.3) is 5.91 Å². The van der Waals surface area contributed by atoms with Gasteiger partial charge < -0.3 is 9.84 Å². The van der Waals surface area contributed by atoms with E-state index in [2.05, 4.69) is 10.3 Å². The summed E-state index contributed by atoms with van der Waals surface area (Å²) in [7, 11) is 0. The van der Waals surface area contributed by atoms with Gasteiger partial charge in [-0.1, -0.05) is 30.3 Å². The van der Waals surface area contributed by atoms with Crippen LogP contribution in [0.1, 0.15) is 5.56 Å². The molecule has 0 saturated heterocycles. The minimum atomic E-state index is -1.38. The topological polar surface area (TPSA) is 108 Å². The maximum absolute atomic E-state index is 12.9. The summed E-state index contributed by atoms with van der Waals surface area (Å²) in [5.41, 5.74) is 2.71. The average molecular weight is 365 g/mol. The Balaban J connectivity index is 1.93. The van der Waals surface area contributed by atoms with Crippen molar-refractivity contribution in [2.75, 3.05) is 18.1 Å². The lowest BCUT2D eigenvalue weighted by molar-refractivity contribution is -0.124. The molecule has 0 bridgehead atoms. The lowest BCUT2D eigenvalue weighted by Crippen LogP contribution is -2.48. The van der Waals surface area contributed by atoms with Gasteiger partial charge in [0.15, 0.2) is 5.78 Å². The van der Waals surface area contributed by atoms with E-state index in [0.29, 0.717) is 17.0 Å². The van der Waals surface area contributed by atoms with Crippen molar-refractivity contribution in [3.05, 3.63) is 48.0 Å². The quantitative estimate of drug-likeness (QED) is 0.842. The van der Waals surface area contributed by atoms with Crippen LogP contribution >= 0.6 is 0 Å². The van der Waals surface area contributed by atoms with E-state index in [4.69, 9.17) is 9.84 Å². The van der Waals surface area contributed by atoms with Gasteiger partial charge in [-0.15, -0.1) is 0 Å². The van der Waals surface area contributed by atoms with E-state index in [1.165, 1.54) is 11.1 Å². The second-order valence-corrected chi connectivity index (χ2v) is 6.12. The summed E-state index contributed by atoms with van der Waals surface area (Å²) in [6.07, 6.45) is -1.26. The minimum Gasteiger partial charge on any atom is -0.484 e.